The van der Waals surface area contributed by atoms with Gasteiger partial charge in [0.2, 0.25) is 0 Å². The summed E-state index contributed by atoms with van der Waals surface area (Å²) in [6, 6.07) is 16.4. The Balaban J connectivity index is 2.16. The molecule has 0 atom stereocenters. The van der Waals surface area contributed by atoms with Crippen LogP contribution in [0.5, 0.6) is 0 Å². The summed E-state index contributed by atoms with van der Waals surface area (Å²) in [5, 5.41) is 13.0. The molecule has 118 valence electrons. The van der Waals surface area contributed by atoms with E-state index >= 15 is 0 Å². The lowest BCUT2D eigenvalue weighted by atomic mass is 10.1. The lowest BCUT2D eigenvalue weighted by Crippen LogP contribution is -2.20. The number of nitrogens with zero attached hydrogens (tertiary/aromatic N) is 1. The first-order valence-electron chi connectivity index (χ1n) is 7.27. The molecule has 23 heavy (non-hydrogen) atoms. The molecule has 0 fully saturated rings. The summed E-state index contributed by atoms with van der Waals surface area (Å²) in [6.45, 7) is 1.91. The van der Waals surface area contributed by atoms with Gasteiger partial charge in [-0.1, -0.05) is 48.0 Å². The number of aryl methyl sites for hydroxylation is 1. The number of hydrogen-bond donors (Lipinski definition) is 2. The van der Waals surface area contributed by atoms with Crippen molar-refractivity contribution in [3.63, 3.8) is 0 Å². The smallest absolute Gasteiger partial charge is 0.303 e. The van der Waals surface area contributed by atoms with Crippen LogP contribution in [-0.2, 0) is 4.79 Å². The van der Waals surface area contributed by atoms with Gasteiger partial charge >= 0.3 is 5.97 Å². The predicted molar refractivity (Wildman–Crippen MR) is 88.5 cm³/mol. The van der Waals surface area contributed by atoms with Crippen molar-refractivity contribution < 1.29 is 14.7 Å². The zero-order chi connectivity index (χ0) is 16.7. The molecule has 5 heteroatoms. The maximum atomic E-state index is 12.1. The van der Waals surface area contributed by atoms with Crippen molar-refractivity contribution in [2.24, 2.45) is 5.10 Å². The highest BCUT2D eigenvalue weighted by Crippen LogP contribution is 2.08. The standard InChI is InChI=1S/C18H18N2O3/c1-13-6-5-9-15(12-13)18(23)20-19-16(10-11-17(21)22)14-7-3-2-4-8-14/h2-9,12H,10-11H2,1H3,(H,20,23)(H,21,22)/b19-16+. The van der Waals surface area contributed by atoms with Gasteiger partial charge in [-0.25, -0.2) is 5.43 Å². The second-order valence-electron chi connectivity index (χ2n) is 5.13. The summed E-state index contributed by atoms with van der Waals surface area (Å²) in [5.74, 6) is -1.23. The minimum Gasteiger partial charge on any atom is -0.481 e. The number of hydrogen-bond acceptors (Lipinski definition) is 3. The van der Waals surface area contributed by atoms with E-state index in [2.05, 4.69) is 10.5 Å². The largest absolute Gasteiger partial charge is 0.481 e. The van der Waals surface area contributed by atoms with Crippen molar-refractivity contribution in [2.45, 2.75) is 19.8 Å². The molecule has 2 aromatic carbocycles. The Hall–Kier alpha value is -2.95. The van der Waals surface area contributed by atoms with Crippen LogP contribution in [0, 0.1) is 6.92 Å². The van der Waals surface area contributed by atoms with E-state index in [9.17, 15) is 9.59 Å². The first-order valence-corrected chi connectivity index (χ1v) is 7.27. The van der Waals surface area contributed by atoms with Crippen molar-refractivity contribution in [3.8, 4) is 0 Å². The zero-order valence-corrected chi connectivity index (χ0v) is 12.8. The normalized spacial score (nSPS) is 11.1. The molecule has 0 radical (unpaired) electrons. The molecule has 0 spiro atoms. The minimum absolute atomic E-state index is 0.0476. The predicted octanol–water partition coefficient (Wildman–Crippen LogP) is 2.99. The molecule has 0 saturated heterocycles. The number of amides is 1. The molecule has 0 aromatic heterocycles. The summed E-state index contributed by atoms with van der Waals surface area (Å²) >= 11 is 0. The van der Waals surface area contributed by atoms with Crippen LogP contribution in [0.2, 0.25) is 0 Å². The van der Waals surface area contributed by atoms with Crippen molar-refractivity contribution in [2.75, 3.05) is 0 Å². The fourth-order valence-electron chi connectivity index (χ4n) is 2.09. The fraction of sp³-hybridized carbons (Fsp3) is 0.167. The van der Waals surface area contributed by atoms with E-state index in [1.165, 1.54) is 0 Å². The number of carboxylic acid groups (broad SMARTS) is 1. The van der Waals surface area contributed by atoms with Gasteiger partial charge in [-0.3, -0.25) is 9.59 Å². The van der Waals surface area contributed by atoms with Gasteiger partial charge in [-0.05, 0) is 24.6 Å². The average Bonchev–Trinajstić information content (AvgIpc) is 2.55. The summed E-state index contributed by atoms with van der Waals surface area (Å²) in [4.78, 5) is 22.9. The summed E-state index contributed by atoms with van der Waals surface area (Å²) in [5.41, 5.74) is 5.33. The van der Waals surface area contributed by atoms with E-state index in [0.29, 0.717) is 11.3 Å². The molecular formula is C18H18N2O3. The van der Waals surface area contributed by atoms with E-state index in [0.717, 1.165) is 11.1 Å². The molecule has 2 rings (SSSR count). The van der Waals surface area contributed by atoms with Crippen LogP contribution in [0.1, 0.15) is 34.3 Å². The highest BCUT2D eigenvalue weighted by molar-refractivity contribution is 6.03. The Kier molecular flexibility index (Phi) is 5.63. The van der Waals surface area contributed by atoms with Gasteiger partial charge in [-0.15, -0.1) is 0 Å². The molecule has 0 aliphatic heterocycles. The quantitative estimate of drug-likeness (QED) is 0.636. The maximum Gasteiger partial charge on any atom is 0.303 e. The van der Waals surface area contributed by atoms with Crippen LogP contribution in [0.15, 0.2) is 59.7 Å². The maximum absolute atomic E-state index is 12.1. The molecule has 0 aliphatic rings. The van der Waals surface area contributed by atoms with Gasteiger partial charge in [0.05, 0.1) is 12.1 Å². The second kappa shape index (κ2) is 7.89. The van der Waals surface area contributed by atoms with E-state index < -0.39 is 5.97 Å². The van der Waals surface area contributed by atoms with Crippen LogP contribution >= 0.6 is 0 Å². The third-order valence-corrected chi connectivity index (χ3v) is 3.26. The fourth-order valence-corrected chi connectivity index (χ4v) is 2.09. The van der Waals surface area contributed by atoms with E-state index in [1.807, 2.05) is 43.3 Å². The summed E-state index contributed by atoms with van der Waals surface area (Å²) in [7, 11) is 0. The first kappa shape index (κ1) is 16.4. The molecule has 0 heterocycles. The van der Waals surface area contributed by atoms with E-state index in [1.54, 1.807) is 18.2 Å². The molecule has 0 unspecified atom stereocenters. The van der Waals surface area contributed by atoms with E-state index in [4.69, 9.17) is 5.11 Å². The van der Waals surface area contributed by atoms with Crippen LogP contribution in [0.25, 0.3) is 0 Å². The number of carboxylic acids is 1. The van der Waals surface area contributed by atoms with Crippen LogP contribution < -0.4 is 5.43 Å². The zero-order valence-electron chi connectivity index (χ0n) is 12.8. The molecule has 1 amide bonds. The Bertz CT molecular complexity index is 724. The summed E-state index contributed by atoms with van der Waals surface area (Å²) < 4.78 is 0. The third kappa shape index (κ3) is 5.07. The minimum atomic E-state index is -0.904. The second-order valence-corrected chi connectivity index (χ2v) is 5.13. The number of benzene rings is 2. The number of carbonyl (C=O) groups excluding carboxylic acids is 1. The molecule has 2 N–H and O–H groups in total. The Morgan fingerprint density at radius 2 is 1.70 bits per heavy atom. The number of aliphatic carboxylic acids is 1. The Morgan fingerprint density at radius 1 is 1.00 bits per heavy atom. The molecule has 0 saturated carbocycles. The monoisotopic (exact) mass is 310 g/mol. The number of rotatable bonds is 6. The lowest BCUT2D eigenvalue weighted by Gasteiger charge is -2.07. The molecular weight excluding hydrogens is 292 g/mol. The third-order valence-electron chi connectivity index (χ3n) is 3.26. The Morgan fingerprint density at radius 3 is 2.35 bits per heavy atom. The van der Waals surface area contributed by atoms with Gasteiger partial charge in [0.15, 0.2) is 0 Å². The van der Waals surface area contributed by atoms with Crippen LogP contribution in [-0.4, -0.2) is 22.7 Å². The van der Waals surface area contributed by atoms with Crippen molar-refractivity contribution in [3.05, 3.63) is 71.3 Å². The molecule has 2 aromatic rings. The van der Waals surface area contributed by atoms with Crippen LogP contribution in [0.4, 0.5) is 0 Å². The number of carbonyl (C=O) groups is 2. The van der Waals surface area contributed by atoms with Gasteiger partial charge < -0.3 is 5.11 Å². The van der Waals surface area contributed by atoms with Crippen molar-refractivity contribution in [1.29, 1.82) is 0 Å². The number of nitrogens with one attached hydrogen (secondary N) is 1. The first-order chi connectivity index (χ1) is 11.1. The topological polar surface area (TPSA) is 78.8 Å². The molecule has 0 aliphatic carbocycles. The average molecular weight is 310 g/mol. The lowest BCUT2D eigenvalue weighted by molar-refractivity contribution is -0.136. The Labute approximate surface area is 134 Å². The number of hydrazone groups is 1. The van der Waals surface area contributed by atoms with Gasteiger partial charge in [-0.2, -0.15) is 5.10 Å². The molecule has 5 nitrogen and oxygen atoms in total. The van der Waals surface area contributed by atoms with E-state index in [-0.39, 0.29) is 18.7 Å². The summed E-state index contributed by atoms with van der Waals surface area (Å²) in [6.07, 6.45) is 0.196. The van der Waals surface area contributed by atoms with Crippen molar-refractivity contribution in [1.82, 2.24) is 5.43 Å². The molecule has 0 bridgehead atoms. The SMILES string of the molecule is Cc1cccc(C(=O)N/N=C(\CCC(=O)O)c2ccccc2)c1. The van der Waals surface area contributed by atoms with Gasteiger partial charge in [0, 0.05) is 12.0 Å². The van der Waals surface area contributed by atoms with Crippen molar-refractivity contribution >= 4 is 17.6 Å². The van der Waals surface area contributed by atoms with Crippen LogP contribution in [0.3, 0.4) is 0 Å². The highest BCUT2D eigenvalue weighted by atomic mass is 16.4. The highest BCUT2D eigenvalue weighted by Gasteiger charge is 2.09. The van der Waals surface area contributed by atoms with Gasteiger partial charge in [0.25, 0.3) is 5.91 Å². The van der Waals surface area contributed by atoms with Gasteiger partial charge in [0.1, 0.15) is 0 Å².